The lowest BCUT2D eigenvalue weighted by atomic mass is 10.1. The Bertz CT molecular complexity index is 827. The average molecular weight is 343 g/mol. The van der Waals surface area contributed by atoms with Crippen LogP contribution in [0.15, 0.2) is 52.0 Å². The molecule has 0 bridgehead atoms. The van der Waals surface area contributed by atoms with Gasteiger partial charge in [-0.2, -0.15) is 0 Å². The maximum Gasteiger partial charge on any atom is 0.371 e. The van der Waals surface area contributed by atoms with Crippen molar-refractivity contribution in [2.75, 3.05) is 0 Å². The van der Waals surface area contributed by atoms with Gasteiger partial charge in [-0.3, -0.25) is 0 Å². The summed E-state index contributed by atoms with van der Waals surface area (Å²) in [6.07, 6.45) is 0.728. The minimum atomic E-state index is -1.06. The van der Waals surface area contributed by atoms with Crippen molar-refractivity contribution in [2.24, 2.45) is 0 Å². The fraction of sp³-hybridized carbons (Fsp3) is 0.235. The van der Waals surface area contributed by atoms with Gasteiger partial charge in [0.2, 0.25) is 5.76 Å². The minimum Gasteiger partial charge on any atom is -0.475 e. The van der Waals surface area contributed by atoms with Gasteiger partial charge in [0.25, 0.3) is 0 Å². The van der Waals surface area contributed by atoms with Crippen LogP contribution >= 0.6 is 11.8 Å². The van der Waals surface area contributed by atoms with Gasteiger partial charge in [-0.15, -0.1) is 10.2 Å². The van der Waals surface area contributed by atoms with E-state index in [0.717, 1.165) is 23.9 Å². The molecule has 2 aromatic heterocycles. The van der Waals surface area contributed by atoms with Gasteiger partial charge in [-0.1, -0.05) is 42.1 Å². The maximum atomic E-state index is 10.8. The fourth-order valence-corrected chi connectivity index (χ4v) is 3.27. The Hall–Kier alpha value is -2.54. The third-order valence-corrected chi connectivity index (χ3v) is 4.52. The van der Waals surface area contributed by atoms with E-state index in [2.05, 4.69) is 33.8 Å². The first-order valence-corrected chi connectivity index (χ1v) is 8.56. The number of carbonyl (C=O) groups is 1. The second-order valence-electron chi connectivity index (χ2n) is 5.17. The standard InChI is InChI=1S/C17H17N3O3S/c1-2-20-15(10-12-6-4-3-5-7-12)18-19-17(20)24-11-13-8-9-14(23-13)16(21)22/h3-9H,2,10-11H2,1H3,(H,21,22). The normalized spacial score (nSPS) is 10.9. The highest BCUT2D eigenvalue weighted by Gasteiger charge is 2.14. The van der Waals surface area contributed by atoms with Crippen molar-refractivity contribution in [3.05, 3.63) is 65.4 Å². The summed E-state index contributed by atoms with van der Waals surface area (Å²) in [4.78, 5) is 10.8. The lowest BCUT2D eigenvalue weighted by Crippen LogP contribution is -2.04. The third kappa shape index (κ3) is 3.68. The topological polar surface area (TPSA) is 81.2 Å². The summed E-state index contributed by atoms with van der Waals surface area (Å²) in [6, 6.07) is 13.3. The number of benzene rings is 1. The Morgan fingerprint density at radius 1 is 1.21 bits per heavy atom. The maximum absolute atomic E-state index is 10.8. The van der Waals surface area contributed by atoms with Gasteiger partial charge in [-0.05, 0) is 24.6 Å². The van der Waals surface area contributed by atoms with Crippen LogP contribution in [-0.2, 0) is 18.7 Å². The summed E-state index contributed by atoms with van der Waals surface area (Å²) in [5, 5.41) is 18.2. The Balaban J connectivity index is 1.70. The van der Waals surface area contributed by atoms with E-state index in [1.807, 2.05) is 18.2 Å². The zero-order chi connectivity index (χ0) is 16.9. The largest absolute Gasteiger partial charge is 0.475 e. The SMILES string of the molecule is CCn1c(Cc2ccccc2)nnc1SCc1ccc(C(=O)O)o1. The smallest absolute Gasteiger partial charge is 0.371 e. The molecule has 0 aliphatic rings. The van der Waals surface area contributed by atoms with Gasteiger partial charge < -0.3 is 14.1 Å². The molecule has 3 aromatic rings. The van der Waals surface area contributed by atoms with E-state index < -0.39 is 5.97 Å². The predicted molar refractivity (Wildman–Crippen MR) is 90.2 cm³/mol. The number of aromatic carboxylic acids is 1. The van der Waals surface area contributed by atoms with E-state index in [9.17, 15) is 4.79 Å². The van der Waals surface area contributed by atoms with Crippen molar-refractivity contribution >= 4 is 17.7 Å². The number of nitrogens with zero attached hydrogens (tertiary/aromatic N) is 3. The number of furan rings is 1. The fourth-order valence-electron chi connectivity index (χ4n) is 2.36. The quantitative estimate of drug-likeness (QED) is 0.662. The molecule has 124 valence electrons. The van der Waals surface area contributed by atoms with Crippen LogP contribution < -0.4 is 0 Å². The van der Waals surface area contributed by atoms with Crippen LogP contribution in [-0.4, -0.2) is 25.8 Å². The van der Waals surface area contributed by atoms with Crippen LogP contribution in [0.3, 0.4) is 0 Å². The Labute approximate surface area is 143 Å². The van der Waals surface area contributed by atoms with Crippen LogP contribution in [0.1, 0.15) is 34.6 Å². The molecule has 0 radical (unpaired) electrons. The molecule has 6 nitrogen and oxygen atoms in total. The number of hydrogen-bond acceptors (Lipinski definition) is 5. The Morgan fingerprint density at radius 2 is 2.00 bits per heavy atom. The molecule has 0 aliphatic carbocycles. The first kappa shape index (κ1) is 16.3. The summed E-state index contributed by atoms with van der Waals surface area (Å²) >= 11 is 1.48. The predicted octanol–water partition coefficient (Wildman–Crippen LogP) is 3.47. The summed E-state index contributed by atoms with van der Waals surface area (Å²) in [6.45, 7) is 2.83. The summed E-state index contributed by atoms with van der Waals surface area (Å²) < 4.78 is 7.33. The molecule has 0 amide bonds. The van der Waals surface area contributed by atoms with E-state index in [0.29, 0.717) is 11.5 Å². The van der Waals surface area contributed by atoms with Gasteiger partial charge in [0.15, 0.2) is 5.16 Å². The minimum absolute atomic E-state index is 0.0488. The third-order valence-electron chi connectivity index (χ3n) is 3.53. The molecule has 0 saturated carbocycles. The van der Waals surface area contributed by atoms with Gasteiger partial charge in [0.1, 0.15) is 11.6 Å². The molecule has 0 aliphatic heterocycles. The van der Waals surface area contributed by atoms with Crippen LogP contribution in [0.25, 0.3) is 0 Å². The second kappa shape index (κ2) is 7.35. The molecule has 0 fully saturated rings. The van der Waals surface area contributed by atoms with Crippen LogP contribution in [0.4, 0.5) is 0 Å². The van der Waals surface area contributed by atoms with Crippen molar-refractivity contribution in [2.45, 2.75) is 30.8 Å². The van der Waals surface area contributed by atoms with Gasteiger partial charge in [-0.25, -0.2) is 4.79 Å². The molecular weight excluding hydrogens is 326 g/mol. The van der Waals surface area contributed by atoms with Crippen LogP contribution in [0.2, 0.25) is 0 Å². The van der Waals surface area contributed by atoms with E-state index in [-0.39, 0.29) is 5.76 Å². The molecule has 24 heavy (non-hydrogen) atoms. The number of thioether (sulfide) groups is 1. The monoisotopic (exact) mass is 343 g/mol. The van der Waals surface area contributed by atoms with E-state index in [4.69, 9.17) is 9.52 Å². The highest BCUT2D eigenvalue weighted by Crippen LogP contribution is 2.24. The summed E-state index contributed by atoms with van der Waals surface area (Å²) in [5.41, 5.74) is 1.19. The number of carboxylic acids is 1. The lowest BCUT2D eigenvalue weighted by Gasteiger charge is -2.06. The summed E-state index contributed by atoms with van der Waals surface area (Å²) in [5.74, 6) is 0.918. The number of hydrogen-bond donors (Lipinski definition) is 1. The number of aromatic nitrogens is 3. The average Bonchev–Trinajstić information content (AvgIpc) is 3.20. The molecular formula is C17H17N3O3S. The molecule has 3 rings (SSSR count). The molecule has 2 heterocycles. The van der Waals surface area contributed by atoms with Crippen LogP contribution in [0.5, 0.6) is 0 Å². The molecule has 7 heteroatoms. The van der Waals surface area contributed by atoms with Gasteiger partial charge in [0, 0.05) is 13.0 Å². The molecule has 1 aromatic carbocycles. The Kier molecular flexibility index (Phi) is 5.00. The van der Waals surface area contributed by atoms with Gasteiger partial charge in [0.05, 0.1) is 5.75 Å². The first-order valence-electron chi connectivity index (χ1n) is 7.58. The van der Waals surface area contributed by atoms with Gasteiger partial charge >= 0.3 is 5.97 Å². The van der Waals surface area contributed by atoms with Crippen molar-refractivity contribution < 1.29 is 14.3 Å². The molecule has 1 N–H and O–H groups in total. The zero-order valence-electron chi connectivity index (χ0n) is 13.2. The highest BCUT2D eigenvalue weighted by atomic mass is 32.2. The van der Waals surface area contributed by atoms with Crippen LogP contribution in [0, 0.1) is 0 Å². The van der Waals surface area contributed by atoms with Crippen molar-refractivity contribution in [3.8, 4) is 0 Å². The Morgan fingerprint density at radius 3 is 2.67 bits per heavy atom. The zero-order valence-corrected chi connectivity index (χ0v) is 14.0. The summed E-state index contributed by atoms with van der Waals surface area (Å²) in [7, 11) is 0. The number of carboxylic acid groups (broad SMARTS) is 1. The van der Waals surface area contributed by atoms with E-state index >= 15 is 0 Å². The van der Waals surface area contributed by atoms with Crippen molar-refractivity contribution in [3.63, 3.8) is 0 Å². The van der Waals surface area contributed by atoms with E-state index in [1.165, 1.54) is 23.4 Å². The van der Waals surface area contributed by atoms with Crippen molar-refractivity contribution in [1.29, 1.82) is 0 Å². The lowest BCUT2D eigenvalue weighted by molar-refractivity contribution is 0.0661. The molecule has 0 saturated heterocycles. The first-order chi connectivity index (χ1) is 11.7. The molecule has 0 atom stereocenters. The highest BCUT2D eigenvalue weighted by molar-refractivity contribution is 7.98. The second-order valence-corrected chi connectivity index (χ2v) is 6.11. The van der Waals surface area contributed by atoms with E-state index in [1.54, 1.807) is 6.07 Å². The molecule has 0 spiro atoms. The number of rotatable bonds is 7. The molecule has 0 unspecified atom stereocenters. The van der Waals surface area contributed by atoms with Crippen molar-refractivity contribution in [1.82, 2.24) is 14.8 Å².